The molecule has 2 atom stereocenters. The summed E-state index contributed by atoms with van der Waals surface area (Å²) in [6.45, 7) is 1.37. The van der Waals surface area contributed by atoms with E-state index in [1.165, 1.54) is 13.0 Å². The number of esters is 2. The summed E-state index contributed by atoms with van der Waals surface area (Å²) in [7, 11) is 0. The first kappa shape index (κ1) is 15.0. The molecule has 21 heavy (non-hydrogen) atoms. The van der Waals surface area contributed by atoms with Crippen molar-refractivity contribution >= 4 is 18.0 Å². The Morgan fingerprint density at radius 2 is 2.19 bits per heavy atom. The summed E-state index contributed by atoms with van der Waals surface area (Å²) in [4.78, 5) is 22.4. The third kappa shape index (κ3) is 5.26. The Morgan fingerprint density at radius 1 is 1.43 bits per heavy atom. The molecular weight excluding hydrogens is 268 g/mol. The molecule has 0 saturated carbocycles. The molecule has 0 aromatic heterocycles. The van der Waals surface area contributed by atoms with Crippen molar-refractivity contribution in [2.24, 2.45) is 0 Å². The fraction of sp³-hybridized carbons (Fsp3) is 0.294. The average molecular weight is 286 g/mol. The van der Waals surface area contributed by atoms with Crippen LogP contribution < -0.4 is 0 Å². The Balaban J connectivity index is 2.00. The summed E-state index contributed by atoms with van der Waals surface area (Å²) in [5.74, 6) is -0.699. The topological polar surface area (TPSA) is 52.6 Å². The van der Waals surface area contributed by atoms with Gasteiger partial charge in [0, 0.05) is 25.8 Å². The highest BCUT2D eigenvalue weighted by Crippen LogP contribution is 2.17. The van der Waals surface area contributed by atoms with Crippen molar-refractivity contribution < 1.29 is 19.1 Å². The predicted octanol–water partition coefficient (Wildman–Crippen LogP) is 2.89. The van der Waals surface area contributed by atoms with Crippen molar-refractivity contribution in [3.63, 3.8) is 0 Å². The van der Waals surface area contributed by atoms with Crippen LogP contribution in [0.5, 0.6) is 0 Å². The monoisotopic (exact) mass is 286 g/mol. The normalized spacial score (nSPS) is 19.3. The first-order valence-electron chi connectivity index (χ1n) is 6.91. The van der Waals surface area contributed by atoms with Crippen molar-refractivity contribution in [1.82, 2.24) is 0 Å². The van der Waals surface area contributed by atoms with Crippen LogP contribution in [0.15, 0.2) is 48.6 Å². The van der Waals surface area contributed by atoms with Gasteiger partial charge in [0.1, 0.15) is 12.2 Å². The van der Waals surface area contributed by atoms with Gasteiger partial charge in [0.05, 0.1) is 0 Å². The molecule has 1 heterocycles. The fourth-order valence-electron chi connectivity index (χ4n) is 2.13. The maximum atomic E-state index is 11.2. The lowest BCUT2D eigenvalue weighted by atomic mass is 10.1. The van der Waals surface area contributed by atoms with E-state index in [9.17, 15) is 9.59 Å². The van der Waals surface area contributed by atoms with Crippen LogP contribution in [-0.2, 0) is 19.1 Å². The van der Waals surface area contributed by atoms with Crippen LogP contribution in [0.4, 0.5) is 0 Å². The van der Waals surface area contributed by atoms with E-state index in [2.05, 4.69) is 0 Å². The Kier molecular flexibility index (Phi) is 5.32. The number of benzene rings is 1. The maximum Gasteiger partial charge on any atom is 0.330 e. The lowest BCUT2D eigenvalue weighted by Gasteiger charge is -2.22. The molecule has 0 N–H and O–H groups in total. The van der Waals surface area contributed by atoms with Gasteiger partial charge in [-0.05, 0) is 11.6 Å². The molecular formula is C17H18O4. The first-order chi connectivity index (χ1) is 10.1. The highest BCUT2D eigenvalue weighted by atomic mass is 16.6. The molecule has 0 unspecified atom stereocenters. The standard InChI is InChI=1S/C17H18O4/c1-13(18)20-16(11-10-14-6-3-2-4-7-14)12-15-8-5-9-17(19)21-15/h2-7,9-11,15-16H,8,12H2,1H3/t15-,16+/m0/s1. The summed E-state index contributed by atoms with van der Waals surface area (Å²) in [5, 5.41) is 0. The summed E-state index contributed by atoms with van der Waals surface area (Å²) in [6, 6.07) is 9.74. The Labute approximate surface area is 124 Å². The van der Waals surface area contributed by atoms with Crippen molar-refractivity contribution in [2.75, 3.05) is 0 Å². The number of hydrogen-bond acceptors (Lipinski definition) is 4. The Morgan fingerprint density at radius 3 is 2.86 bits per heavy atom. The molecule has 0 aliphatic carbocycles. The number of cyclic esters (lactones) is 1. The third-order valence-corrected chi connectivity index (χ3v) is 3.05. The van der Waals surface area contributed by atoms with Crippen LogP contribution in [0.3, 0.4) is 0 Å². The van der Waals surface area contributed by atoms with Gasteiger partial charge in [0.15, 0.2) is 0 Å². The van der Waals surface area contributed by atoms with Crippen molar-refractivity contribution in [2.45, 2.75) is 32.0 Å². The molecule has 2 rings (SSSR count). The van der Waals surface area contributed by atoms with E-state index in [1.807, 2.05) is 42.5 Å². The lowest BCUT2D eigenvalue weighted by molar-refractivity contribution is -0.149. The van der Waals surface area contributed by atoms with Crippen LogP contribution in [0.25, 0.3) is 6.08 Å². The third-order valence-electron chi connectivity index (χ3n) is 3.05. The van der Waals surface area contributed by atoms with Gasteiger partial charge in [-0.15, -0.1) is 0 Å². The van der Waals surface area contributed by atoms with Gasteiger partial charge in [-0.2, -0.15) is 0 Å². The second kappa shape index (κ2) is 7.43. The zero-order valence-electron chi connectivity index (χ0n) is 11.9. The minimum absolute atomic E-state index is 0.257. The van der Waals surface area contributed by atoms with E-state index in [4.69, 9.17) is 9.47 Å². The van der Waals surface area contributed by atoms with Crippen molar-refractivity contribution in [3.05, 3.63) is 54.1 Å². The summed E-state index contributed by atoms with van der Waals surface area (Å²) in [5.41, 5.74) is 1.02. The largest absolute Gasteiger partial charge is 0.459 e. The highest BCUT2D eigenvalue weighted by Gasteiger charge is 2.21. The van der Waals surface area contributed by atoms with Gasteiger partial charge in [0.25, 0.3) is 0 Å². The minimum atomic E-state index is -0.410. The molecule has 1 aliphatic rings. The van der Waals surface area contributed by atoms with Crippen LogP contribution >= 0.6 is 0 Å². The van der Waals surface area contributed by atoms with Crippen LogP contribution in [-0.4, -0.2) is 24.1 Å². The zero-order valence-corrected chi connectivity index (χ0v) is 11.9. The number of carbonyl (C=O) groups excluding carboxylic acids is 2. The van der Waals surface area contributed by atoms with Crippen LogP contribution in [0.2, 0.25) is 0 Å². The molecule has 4 heteroatoms. The molecule has 0 spiro atoms. The number of hydrogen-bond donors (Lipinski definition) is 0. The summed E-state index contributed by atoms with van der Waals surface area (Å²) >= 11 is 0. The van der Waals surface area contributed by atoms with E-state index >= 15 is 0 Å². The second-order valence-electron chi connectivity index (χ2n) is 4.85. The van der Waals surface area contributed by atoms with Gasteiger partial charge in [0.2, 0.25) is 0 Å². The SMILES string of the molecule is CC(=O)O[C@H](C=Cc1ccccc1)C[C@@H]1CC=CC(=O)O1. The van der Waals surface area contributed by atoms with Gasteiger partial charge in [-0.3, -0.25) is 4.79 Å². The molecule has 0 radical (unpaired) electrons. The highest BCUT2D eigenvalue weighted by molar-refractivity contribution is 5.82. The van der Waals surface area contributed by atoms with Crippen LogP contribution in [0.1, 0.15) is 25.3 Å². The molecule has 0 saturated heterocycles. The molecule has 1 aliphatic heterocycles. The summed E-state index contributed by atoms with van der Waals surface area (Å²) in [6.07, 6.45) is 7.34. The van der Waals surface area contributed by atoms with Gasteiger partial charge in [-0.1, -0.05) is 42.5 Å². The van der Waals surface area contributed by atoms with Gasteiger partial charge < -0.3 is 9.47 Å². The van der Waals surface area contributed by atoms with E-state index in [1.54, 1.807) is 6.08 Å². The molecule has 4 nitrogen and oxygen atoms in total. The van der Waals surface area contributed by atoms with E-state index in [0.717, 1.165) is 5.56 Å². The molecule has 110 valence electrons. The maximum absolute atomic E-state index is 11.2. The summed E-state index contributed by atoms with van der Waals surface area (Å²) < 4.78 is 10.5. The fourth-order valence-corrected chi connectivity index (χ4v) is 2.13. The van der Waals surface area contributed by atoms with E-state index in [-0.39, 0.29) is 18.0 Å². The number of ether oxygens (including phenoxy) is 2. The second-order valence-corrected chi connectivity index (χ2v) is 4.85. The minimum Gasteiger partial charge on any atom is -0.459 e. The molecule has 1 aromatic rings. The van der Waals surface area contributed by atoms with Crippen molar-refractivity contribution in [3.8, 4) is 0 Å². The molecule has 0 bridgehead atoms. The van der Waals surface area contributed by atoms with Crippen LogP contribution in [0, 0.1) is 0 Å². The van der Waals surface area contributed by atoms with Crippen molar-refractivity contribution in [1.29, 1.82) is 0 Å². The quantitative estimate of drug-likeness (QED) is 0.781. The lowest BCUT2D eigenvalue weighted by Crippen LogP contribution is -2.26. The average Bonchev–Trinajstić information content (AvgIpc) is 2.45. The molecule has 1 aromatic carbocycles. The zero-order chi connectivity index (χ0) is 15.1. The predicted molar refractivity (Wildman–Crippen MR) is 79.3 cm³/mol. The number of carbonyl (C=O) groups is 2. The smallest absolute Gasteiger partial charge is 0.330 e. The Bertz CT molecular complexity index is 545. The van der Waals surface area contributed by atoms with Gasteiger partial charge >= 0.3 is 11.9 Å². The van der Waals surface area contributed by atoms with E-state index in [0.29, 0.717) is 12.8 Å². The molecule has 0 amide bonds. The molecule has 0 fully saturated rings. The number of rotatable bonds is 5. The van der Waals surface area contributed by atoms with Gasteiger partial charge in [-0.25, -0.2) is 4.79 Å². The Hall–Kier alpha value is -2.36. The van der Waals surface area contributed by atoms with E-state index < -0.39 is 6.10 Å². The first-order valence-corrected chi connectivity index (χ1v) is 6.91.